The van der Waals surface area contributed by atoms with Crippen LogP contribution in [0, 0.1) is 0 Å². The van der Waals surface area contributed by atoms with Gasteiger partial charge < -0.3 is 15.3 Å². The number of rotatable bonds is 2. The summed E-state index contributed by atoms with van der Waals surface area (Å²) in [5, 5.41) is 12.9. The lowest BCUT2D eigenvalue weighted by molar-refractivity contribution is 0.0699. The van der Waals surface area contributed by atoms with Crippen molar-refractivity contribution in [1.82, 2.24) is 15.3 Å². The summed E-state index contributed by atoms with van der Waals surface area (Å²) in [5.74, 6) is -0.965. The average Bonchev–Trinajstić information content (AvgIpc) is 2.84. The number of nitrogens with one attached hydrogen (secondary N) is 1. The van der Waals surface area contributed by atoms with Crippen LogP contribution in [0.15, 0.2) is 24.5 Å². The molecule has 0 amide bonds. The lowest BCUT2D eigenvalue weighted by atomic mass is 10.1. The van der Waals surface area contributed by atoms with Crippen molar-refractivity contribution in [3.05, 3.63) is 30.1 Å². The molecule has 108 valence electrons. The van der Waals surface area contributed by atoms with Gasteiger partial charge in [0.25, 0.3) is 0 Å². The van der Waals surface area contributed by atoms with Crippen LogP contribution in [0.1, 0.15) is 23.2 Å². The van der Waals surface area contributed by atoms with Crippen molar-refractivity contribution < 1.29 is 9.90 Å². The van der Waals surface area contributed by atoms with Crippen molar-refractivity contribution in [2.24, 2.45) is 0 Å². The van der Waals surface area contributed by atoms with Gasteiger partial charge in [-0.1, -0.05) is 0 Å². The van der Waals surface area contributed by atoms with E-state index in [-0.39, 0.29) is 5.56 Å². The maximum absolute atomic E-state index is 11.3. The Morgan fingerprint density at radius 1 is 1.14 bits per heavy atom. The van der Waals surface area contributed by atoms with Crippen molar-refractivity contribution >= 4 is 22.7 Å². The Morgan fingerprint density at radius 2 is 1.81 bits per heavy atom. The zero-order chi connectivity index (χ0) is 14.4. The van der Waals surface area contributed by atoms with E-state index < -0.39 is 5.97 Å². The first-order valence-corrected chi connectivity index (χ1v) is 7.20. The number of nitrogens with zero attached hydrogens (tertiary/aromatic N) is 3. The van der Waals surface area contributed by atoms with Gasteiger partial charge in [0.2, 0.25) is 0 Å². The van der Waals surface area contributed by atoms with Crippen LogP contribution in [-0.4, -0.2) is 46.2 Å². The molecule has 2 aromatic rings. The van der Waals surface area contributed by atoms with E-state index in [4.69, 9.17) is 0 Å². The molecule has 2 atom stereocenters. The van der Waals surface area contributed by atoms with Gasteiger partial charge in [-0.15, -0.1) is 0 Å². The van der Waals surface area contributed by atoms with Gasteiger partial charge in [-0.05, 0) is 25.0 Å². The highest BCUT2D eigenvalue weighted by molar-refractivity contribution is 6.04. The number of carboxylic acids is 1. The maximum atomic E-state index is 11.3. The Bertz CT molecular complexity index is 706. The Balaban J connectivity index is 1.82. The molecule has 0 aliphatic carbocycles. The predicted octanol–water partition coefficient (Wildman–Crippen LogP) is 1.27. The number of aromatic nitrogens is 2. The first-order valence-electron chi connectivity index (χ1n) is 7.20. The number of anilines is 1. The molecule has 1 aromatic carbocycles. The van der Waals surface area contributed by atoms with Crippen molar-refractivity contribution in [2.75, 3.05) is 18.0 Å². The first-order chi connectivity index (χ1) is 10.2. The van der Waals surface area contributed by atoms with Crippen LogP contribution >= 0.6 is 0 Å². The fraction of sp³-hybridized carbons (Fsp3) is 0.400. The minimum atomic E-state index is -0.965. The molecule has 6 heteroatoms. The molecule has 2 N–H and O–H groups in total. The largest absolute Gasteiger partial charge is 0.478 e. The topological polar surface area (TPSA) is 78.4 Å². The summed E-state index contributed by atoms with van der Waals surface area (Å²) in [6.07, 6.45) is 5.57. The van der Waals surface area contributed by atoms with Gasteiger partial charge >= 0.3 is 5.97 Å². The zero-order valence-electron chi connectivity index (χ0n) is 11.5. The smallest absolute Gasteiger partial charge is 0.337 e. The molecule has 2 saturated heterocycles. The van der Waals surface area contributed by atoms with Gasteiger partial charge in [-0.3, -0.25) is 9.97 Å². The highest BCUT2D eigenvalue weighted by atomic mass is 16.4. The molecule has 2 bridgehead atoms. The molecular formula is C15H16N4O2. The molecule has 1 aromatic heterocycles. The number of fused-ring (bicyclic) bond motifs is 3. The molecular weight excluding hydrogens is 268 g/mol. The summed E-state index contributed by atoms with van der Waals surface area (Å²) >= 11 is 0. The predicted molar refractivity (Wildman–Crippen MR) is 78.7 cm³/mol. The molecule has 2 fully saturated rings. The van der Waals surface area contributed by atoms with E-state index in [2.05, 4.69) is 20.2 Å². The highest BCUT2D eigenvalue weighted by Crippen LogP contribution is 2.30. The molecule has 21 heavy (non-hydrogen) atoms. The van der Waals surface area contributed by atoms with E-state index in [1.165, 1.54) is 12.8 Å². The third-order valence-corrected chi connectivity index (χ3v) is 4.39. The molecule has 2 aliphatic rings. The molecule has 2 aliphatic heterocycles. The number of aromatic carboxylic acids is 1. The van der Waals surface area contributed by atoms with Crippen LogP contribution in [0.5, 0.6) is 0 Å². The molecule has 0 radical (unpaired) electrons. The monoisotopic (exact) mass is 284 g/mol. The second kappa shape index (κ2) is 4.66. The minimum absolute atomic E-state index is 0.208. The van der Waals surface area contributed by atoms with Crippen molar-refractivity contribution in [2.45, 2.75) is 24.9 Å². The van der Waals surface area contributed by atoms with Crippen molar-refractivity contribution in [3.8, 4) is 0 Å². The second-order valence-electron chi connectivity index (χ2n) is 5.73. The van der Waals surface area contributed by atoms with Gasteiger partial charge in [-0.25, -0.2) is 4.79 Å². The number of benzene rings is 1. The number of piperazine rings is 1. The maximum Gasteiger partial charge on any atom is 0.337 e. The molecule has 0 spiro atoms. The number of hydrogen-bond donors (Lipinski definition) is 2. The van der Waals surface area contributed by atoms with Gasteiger partial charge in [-0.2, -0.15) is 0 Å². The SMILES string of the molecule is O=C(O)c1ccc(N2CC3CCC(C2)N3)c2nccnc12. The van der Waals surface area contributed by atoms with Gasteiger partial charge in [0.15, 0.2) is 0 Å². The van der Waals surface area contributed by atoms with Crippen LogP contribution in [0.4, 0.5) is 5.69 Å². The minimum Gasteiger partial charge on any atom is -0.478 e. The summed E-state index contributed by atoms with van der Waals surface area (Å²) < 4.78 is 0. The third kappa shape index (κ3) is 2.03. The molecule has 3 heterocycles. The average molecular weight is 284 g/mol. The Kier molecular flexibility index (Phi) is 2.78. The molecule has 2 unspecified atom stereocenters. The number of carboxylic acid groups (broad SMARTS) is 1. The summed E-state index contributed by atoms with van der Waals surface area (Å²) in [6.45, 7) is 1.88. The van der Waals surface area contributed by atoms with Crippen molar-refractivity contribution in [1.29, 1.82) is 0 Å². The van der Waals surface area contributed by atoms with Gasteiger partial charge in [0.05, 0.1) is 11.3 Å². The number of hydrogen-bond acceptors (Lipinski definition) is 5. The van der Waals surface area contributed by atoms with E-state index in [1.54, 1.807) is 18.5 Å². The van der Waals surface area contributed by atoms with Crippen LogP contribution in [0.25, 0.3) is 11.0 Å². The normalized spacial score (nSPS) is 24.5. The lowest BCUT2D eigenvalue weighted by Crippen LogP contribution is -2.51. The Labute approximate surface area is 121 Å². The highest BCUT2D eigenvalue weighted by Gasteiger charge is 2.33. The summed E-state index contributed by atoms with van der Waals surface area (Å²) in [4.78, 5) is 22.2. The summed E-state index contributed by atoms with van der Waals surface area (Å²) in [6, 6.07) is 4.55. The van der Waals surface area contributed by atoms with Gasteiger partial charge in [0.1, 0.15) is 11.0 Å². The fourth-order valence-electron chi connectivity index (χ4n) is 3.46. The standard InChI is InChI=1S/C15H16N4O2/c20-15(21)11-3-4-12(14-13(11)16-5-6-17-14)19-7-9-1-2-10(8-19)18-9/h3-6,9-10,18H,1-2,7-8H2,(H,20,21). The molecule has 4 rings (SSSR count). The fourth-order valence-corrected chi connectivity index (χ4v) is 3.46. The quantitative estimate of drug-likeness (QED) is 0.864. The Morgan fingerprint density at radius 3 is 2.48 bits per heavy atom. The van der Waals surface area contributed by atoms with Crippen LogP contribution < -0.4 is 10.2 Å². The van der Waals surface area contributed by atoms with Crippen LogP contribution in [0.3, 0.4) is 0 Å². The first kappa shape index (κ1) is 12.5. The zero-order valence-corrected chi connectivity index (χ0v) is 11.5. The van der Waals surface area contributed by atoms with E-state index in [1.807, 2.05) is 6.07 Å². The number of carbonyl (C=O) groups is 1. The summed E-state index contributed by atoms with van der Waals surface area (Å²) in [5.41, 5.74) is 2.34. The molecule has 0 saturated carbocycles. The molecule has 6 nitrogen and oxygen atoms in total. The van der Waals surface area contributed by atoms with Crippen molar-refractivity contribution in [3.63, 3.8) is 0 Å². The second-order valence-corrected chi connectivity index (χ2v) is 5.73. The third-order valence-electron chi connectivity index (χ3n) is 4.39. The van der Waals surface area contributed by atoms with E-state index in [0.29, 0.717) is 23.1 Å². The summed E-state index contributed by atoms with van der Waals surface area (Å²) in [7, 11) is 0. The van der Waals surface area contributed by atoms with E-state index in [9.17, 15) is 9.90 Å². The lowest BCUT2D eigenvalue weighted by Gasteiger charge is -2.35. The van der Waals surface area contributed by atoms with Crippen LogP contribution in [0.2, 0.25) is 0 Å². The van der Waals surface area contributed by atoms with E-state index >= 15 is 0 Å². The van der Waals surface area contributed by atoms with E-state index in [0.717, 1.165) is 18.8 Å². The Hall–Kier alpha value is -2.21. The van der Waals surface area contributed by atoms with Crippen LogP contribution in [-0.2, 0) is 0 Å². The van der Waals surface area contributed by atoms with Gasteiger partial charge in [0, 0.05) is 37.6 Å².